The van der Waals surface area contributed by atoms with Crippen molar-refractivity contribution in [1.82, 2.24) is 0 Å². The number of thiophene rings is 2. The second-order valence-electron chi connectivity index (χ2n) is 12.5. The number of fused-ring (bicyclic) bond motifs is 5. The maximum absolute atomic E-state index is 6.74. The highest BCUT2D eigenvalue weighted by atomic mass is 32.1. The Morgan fingerprint density at radius 1 is 0.392 bits per heavy atom. The van der Waals surface area contributed by atoms with Crippen LogP contribution in [0.15, 0.2) is 176 Å². The van der Waals surface area contributed by atoms with E-state index in [0.29, 0.717) is 17.2 Å². The van der Waals surface area contributed by atoms with E-state index in [9.17, 15) is 0 Å². The van der Waals surface area contributed by atoms with Gasteiger partial charge in [0.25, 0.3) is 0 Å². The highest BCUT2D eigenvalue weighted by Crippen LogP contribution is 2.61. The van der Waals surface area contributed by atoms with Crippen molar-refractivity contribution in [2.24, 2.45) is 0 Å². The zero-order valence-electron chi connectivity index (χ0n) is 27.3. The van der Waals surface area contributed by atoms with Gasteiger partial charge in [-0.25, -0.2) is 0 Å². The molecule has 51 heavy (non-hydrogen) atoms. The SMILES string of the molecule is c1ccc(-c2ccc(N(c3ccc(-c4cccc5c4sc4ccccc45)cc3)c3sc(-c4ccccc4)c4c3Oc3ccccc3O4)cc2)cc1. The van der Waals surface area contributed by atoms with Gasteiger partial charge in [-0.3, -0.25) is 4.90 Å². The molecule has 0 saturated heterocycles. The van der Waals surface area contributed by atoms with Crippen molar-refractivity contribution >= 4 is 59.2 Å². The van der Waals surface area contributed by atoms with Crippen LogP contribution in [-0.4, -0.2) is 0 Å². The summed E-state index contributed by atoms with van der Waals surface area (Å²) in [7, 11) is 0. The molecule has 0 unspecified atom stereocenters. The Bertz CT molecular complexity index is 2680. The van der Waals surface area contributed by atoms with Gasteiger partial charge in [0.1, 0.15) is 5.00 Å². The second-order valence-corrected chi connectivity index (χ2v) is 14.5. The Balaban J connectivity index is 1.13. The Hall–Kier alpha value is -6.14. The smallest absolute Gasteiger partial charge is 0.205 e. The molecule has 0 radical (unpaired) electrons. The van der Waals surface area contributed by atoms with Crippen molar-refractivity contribution in [3.05, 3.63) is 176 Å². The van der Waals surface area contributed by atoms with Gasteiger partial charge in [0.2, 0.25) is 5.75 Å². The first kappa shape index (κ1) is 29.7. The zero-order valence-corrected chi connectivity index (χ0v) is 29.0. The van der Waals surface area contributed by atoms with Crippen LogP contribution in [0.3, 0.4) is 0 Å². The summed E-state index contributed by atoms with van der Waals surface area (Å²) in [6, 6.07) is 61.8. The van der Waals surface area contributed by atoms with Crippen molar-refractivity contribution in [1.29, 1.82) is 0 Å². The van der Waals surface area contributed by atoms with Crippen LogP contribution in [0.5, 0.6) is 23.0 Å². The van der Waals surface area contributed by atoms with Crippen LogP contribution in [0, 0.1) is 0 Å². The molecule has 10 rings (SSSR count). The lowest BCUT2D eigenvalue weighted by atomic mass is 10.0. The molecule has 1 aliphatic rings. The molecule has 7 aromatic carbocycles. The van der Waals surface area contributed by atoms with Crippen LogP contribution in [0.4, 0.5) is 16.4 Å². The molecule has 3 nitrogen and oxygen atoms in total. The molecular weight excluding hydrogens is 663 g/mol. The maximum atomic E-state index is 6.74. The first-order valence-electron chi connectivity index (χ1n) is 16.9. The fraction of sp³-hybridized carbons (Fsp3) is 0. The predicted molar refractivity (Wildman–Crippen MR) is 215 cm³/mol. The minimum atomic E-state index is 0.704. The monoisotopic (exact) mass is 691 g/mol. The summed E-state index contributed by atoms with van der Waals surface area (Å²) in [4.78, 5) is 3.32. The lowest BCUT2D eigenvalue weighted by Gasteiger charge is -2.27. The van der Waals surface area contributed by atoms with Crippen molar-refractivity contribution < 1.29 is 9.47 Å². The summed E-state index contributed by atoms with van der Waals surface area (Å²) in [5.74, 6) is 2.86. The van der Waals surface area contributed by atoms with Gasteiger partial charge in [0.15, 0.2) is 17.2 Å². The van der Waals surface area contributed by atoms with Gasteiger partial charge < -0.3 is 9.47 Å². The fourth-order valence-corrected chi connectivity index (χ4v) is 9.36. The summed E-state index contributed by atoms with van der Waals surface area (Å²) in [6.45, 7) is 0. The minimum Gasteiger partial charge on any atom is -0.448 e. The quantitative estimate of drug-likeness (QED) is 0.173. The van der Waals surface area contributed by atoms with E-state index < -0.39 is 0 Å². The average molecular weight is 692 g/mol. The number of nitrogens with zero attached hydrogens (tertiary/aromatic N) is 1. The molecule has 9 aromatic rings. The van der Waals surface area contributed by atoms with Crippen LogP contribution < -0.4 is 14.4 Å². The van der Waals surface area contributed by atoms with Crippen LogP contribution in [-0.2, 0) is 0 Å². The normalized spacial score (nSPS) is 11.8. The molecule has 0 N–H and O–H groups in total. The predicted octanol–water partition coefficient (Wildman–Crippen LogP) is 14.5. The van der Waals surface area contributed by atoms with Crippen molar-refractivity contribution in [2.75, 3.05) is 4.90 Å². The van der Waals surface area contributed by atoms with Gasteiger partial charge in [-0.05, 0) is 70.3 Å². The Morgan fingerprint density at radius 2 is 0.941 bits per heavy atom. The van der Waals surface area contributed by atoms with E-state index in [1.807, 2.05) is 41.7 Å². The zero-order chi connectivity index (χ0) is 33.7. The third-order valence-electron chi connectivity index (χ3n) is 9.39. The summed E-state index contributed by atoms with van der Waals surface area (Å²) < 4.78 is 16.0. The lowest BCUT2D eigenvalue weighted by molar-refractivity contribution is 0.364. The Morgan fingerprint density at radius 3 is 1.65 bits per heavy atom. The lowest BCUT2D eigenvalue weighted by Crippen LogP contribution is -2.10. The number of ether oxygens (including phenoxy) is 2. The molecule has 2 aromatic heterocycles. The first-order valence-corrected chi connectivity index (χ1v) is 18.5. The summed E-state index contributed by atoms with van der Waals surface area (Å²) >= 11 is 3.54. The molecule has 0 amide bonds. The van der Waals surface area contributed by atoms with E-state index in [-0.39, 0.29) is 0 Å². The van der Waals surface area contributed by atoms with Gasteiger partial charge in [0.05, 0.1) is 4.88 Å². The van der Waals surface area contributed by atoms with Crippen LogP contribution in [0.1, 0.15) is 0 Å². The molecule has 242 valence electrons. The molecule has 3 heterocycles. The molecule has 5 heteroatoms. The largest absolute Gasteiger partial charge is 0.448 e. The van der Waals surface area contributed by atoms with Crippen molar-refractivity contribution in [3.8, 4) is 55.7 Å². The summed E-state index contributed by atoms with van der Waals surface area (Å²) in [5, 5.41) is 3.56. The first-order chi connectivity index (χ1) is 25.3. The molecule has 0 fully saturated rings. The van der Waals surface area contributed by atoms with Crippen molar-refractivity contribution in [3.63, 3.8) is 0 Å². The van der Waals surface area contributed by atoms with Crippen LogP contribution >= 0.6 is 22.7 Å². The van der Waals surface area contributed by atoms with Crippen LogP contribution in [0.2, 0.25) is 0 Å². The molecule has 0 atom stereocenters. The Kier molecular flexibility index (Phi) is 7.19. The highest BCUT2D eigenvalue weighted by Gasteiger charge is 2.32. The molecule has 0 spiro atoms. The number of rotatable bonds is 6. The van der Waals surface area contributed by atoms with E-state index in [0.717, 1.165) is 38.1 Å². The second kappa shape index (κ2) is 12.3. The fourth-order valence-electron chi connectivity index (χ4n) is 6.92. The third kappa shape index (κ3) is 5.18. The standard InChI is InChI=1S/C46H29NO2S2/c1-3-12-30(13-4-1)31-22-26-34(27-23-31)47(35-28-24-32(25-29-35)36-17-11-18-38-37-16-7-10-21-41(37)50-45(36)38)46-43-42(44(51-46)33-14-5-2-6-15-33)48-39-19-8-9-20-40(39)49-43/h1-29H. The highest BCUT2D eigenvalue weighted by molar-refractivity contribution is 7.26. The maximum Gasteiger partial charge on any atom is 0.205 e. The topological polar surface area (TPSA) is 21.7 Å². The number of anilines is 3. The van der Waals surface area contributed by atoms with E-state index in [1.54, 1.807) is 11.3 Å². The summed E-state index contributed by atoms with van der Waals surface area (Å²) in [5.41, 5.74) is 7.91. The number of para-hydroxylation sites is 2. The molecular formula is C46H29NO2S2. The number of benzene rings is 7. The number of hydrogen-bond donors (Lipinski definition) is 0. The van der Waals surface area contributed by atoms with Gasteiger partial charge in [-0.1, -0.05) is 133 Å². The summed E-state index contributed by atoms with van der Waals surface area (Å²) in [6.07, 6.45) is 0. The average Bonchev–Trinajstić information content (AvgIpc) is 3.77. The van der Waals surface area contributed by atoms with E-state index in [1.165, 1.54) is 36.9 Å². The van der Waals surface area contributed by atoms with Gasteiger partial charge in [-0.15, -0.1) is 22.7 Å². The third-order valence-corrected chi connectivity index (χ3v) is 11.8. The van der Waals surface area contributed by atoms with Crippen LogP contribution in [0.25, 0.3) is 52.9 Å². The molecule has 0 aliphatic carbocycles. The van der Waals surface area contributed by atoms with Gasteiger partial charge in [0, 0.05) is 31.5 Å². The van der Waals surface area contributed by atoms with E-state index in [2.05, 4.69) is 150 Å². The Labute approximate surface area is 303 Å². The van der Waals surface area contributed by atoms with Gasteiger partial charge >= 0.3 is 0 Å². The molecule has 0 saturated carbocycles. The van der Waals surface area contributed by atoms with Gasteiger partial charge in [-0.2, -0.15) is 0 Å². The number of hydrogen-bond acceptors (Lipinski definition) is 5. The van der Waals surface area contributed by atoms with E-state index in [4.69, 9.17) is 9.47 Å². The molecule has 0 bridgehead atoms. The van der Waals surface area contributed by atoms with Crippen molar-refractivity contribution in [2.45, 2.75) is 0 Å². The molecule has 1 aliphatic heterocycles. The van der Waals surface area contributed by atoms with E-state index >= 15 is 0 Å². The minimum absolute atomic E-state index is 0.704.